The number of alkyl halides is 2. The predicted molar refractivity (Wildman–Crippen MR) is 152 cm³/mol. The zero-order chi connectivity index (χ0) is 31.6. The number of amides is 2. The molecule has 2 aliphatic heterocycles. The number of hydrogen-bond donors (Lipinski definition) is 2. The van der Waals surface area contributed by atoms with E-state index in [2.05, 4.69) is 25.4 Å². The van der Waals surface area contributed by atoms with E-state index >= 15 is 0 Å². The van der Waals surface area contributed by atoms with Crippen LogP contribution in [0, 0.1) is 17.7 Å². The molecule has 1 saturated heterocycles. The Morgan fingerprint density at radius 2 is 2.00 bits per heavy atom. The Morgan fingerprint density at radius 3 is 2.73 bits per heavy atom. The summed E-state index contributed by atoms with van der Waals surface area (Å²) in [6.07, 6.45) is 2.01. The van der Waals surface area contributed by atoms with Crippen molar-refractivity contribution in [2.75, 3.05) is 23.6 Å². The largest absolute Gasteiger partial charge is 0.453 e. The summed E-state index contributed by atoms with van der Waals surface area (Å²) in [4.78, 5) is 40.2. The minimum atomic E-state index is -3.06. The van der Waals surface area contributed by atoms with Crippen LogP contribution >= 0.6 is 11.6 Å². The summed E-state index contributed by atoms with van der Waals surface area (Å²) >= 11 is 5.84. The molecule has 2 amide bonds. The van der Waals surface area contributed by atoms with Gasteiger partial charge >= 0.3 is 0 Å². The Bertz CT molecular complexity index is 1870. The number of carbonyl (C=O) groups is 2. The highest BCUT2D eigenvalue weighted by molar-refractivity contribution is 6.31. The normalized spacial score (nSPS) is 18.8. The lowest BCUT2D eigenvalue weighted by Crippen LogP contribution is -2.29. The molecule has 3 aromatic heterocycles. The summed E-state index contributed by atoms with van der Waals surface area (Å²) < 4.78 is 55.2. The Morgan fingerprint density at radius 1 is 1.20 bits per heavy atom. The second-order valence-corrected chi connectivity index (χ2v) is 11.3. The summed E-state index contributed by atoms with van der Waals surface area (Å²) in [6, 6.07) is 1.96. The van der Waals surface area contributed by atoms with Crippen molar-refractivity contribution in [2.24, 2.45) is 11.8 Å². The molecule has 232 valence electrons. The van der Waals surface area contributed by atoms with Crippen molar-refractivity contribution in [1.82, 2.24) is 24.7 Å². The van der Waals surface area contributed by atoms with E-state index in [0.717, 1.165) is 24.8 Å². The number of nitrogens with zero attached hydrogens (tertiary/aromatic N) is 6. The highest BCUT2D eigenvalue weighted by atomic mass is 35.5. The van der Waals surface area contributed by atoms with Crippen LogP contribution in [-0.4, -0.2) is 55.0 Å². The Balaban J connectivity index is 1.13. The van der Waals surface area contributed by atoms with Gasteiger partial charge in [0.05, 0.1) is 47.1 Å². The minimum Gasteiger partial charge on any atom is -0.453 e. The summed E-state index contributed by atoms with van der Waals surface area (Å²) in [5.41, 5.74) is -1.37. The van der Waals surface area contributed by atoms with Crippen LogP contribution in [0.3, 0.4) is 0 Å². The first-order chi connectivity index (χ1) is 21.6. The highest BCUT2D eigenvalue weighted by Gasteiger charge is 2.53. The van der Waals surface area contributed by atoms with Crippen LogP contribution in [0.5, 0.6) is 11.5 Å². The molecular weight excluding hydrogens is 619 g/mol. The number of aromatic nitrogens is 5. The summed E-state index contributed by atoms with van der Waals surface area (Å²) in [5, 5.41) is 16.7. The number of fused-ring (bicyclic) bond motifs is 2. The third-order valence-corrected chi connectivity index (χ3v) is 8.17. The number of rotatable bonds is 8. The molecule has 1 aliphatic carbocycles. The van der Waals surface area contributed by atoms with Gasteiger partial charge in [0.2, 0.25) is 18.4 Å². The second-order valence-electron chi connectivity index (χ2n) is 10.9. The van der Waals surface area contributed by atoms with Gasteiger partial charge in [0.15, 0.2) is 23.1 Å². The number of hydrogen-bond acceptors (Lipinski definition) is 9. The average molecular weight is 642 g/mol. The van der Waals surface area contributed by atoms with Gasteiger partial charge in [-0.05, 0) is 25.3 Å². The summed E-state index contributed by atoms with van der Waals surface area (Å²) in [5.74, 6) is -0.295. The fourth-order valence-corrected chi connectivity index (χ4v) is 5.75. The van der Waals surface area contributed by atoms with Gasteiger partial charge < -0.3 is 19.9 Å². The maximum absolute atomic E-state index is 14.9. The van der Waals surface area contributed by atoms with Crippen LogP contribution in [-0.2, 0) is 11.3 Å². The molecule has 45 heavy (non-hydrogen) atoms. The molecule has 16 heteroatoms. The standard InChI is InChI=1S/C29H23ClF3N7O5/c1-12(41)22-23(38-19(7-34-22)20-16(26(32)33)2-3-18(30)21(20)31)28(42)37-15-6-36-39(10-15)8-14-5-35-27(25-24(14)44-11-45-25)40-9-13-4-17(13)29(40)43/h2-3,5-7,10,12-13,17,26,41H,4,8-9,11H2,1H3,(H,37,42)/t12?,13-,17-/m1/s1. The molecule has 2 N–H and O–H groups in total. The zero-order valence-electron chi connectivity index (χ0n) is 23.4. The quantitative estimate of drug-likeness (QED) is 0.283. The lowest BCUT2D eigenvalue weighted by atomic mass is 10.0. The van der Waals surface area contributed by atoms with Crippen LogP contribution in [0.25, 0.3) is 11.3 Å². The zero-order valence-corrected chi connectivity index (χ0v) is 24.1. The molecule has 1 unspecified atom stereocenters. The molecule has 1 saturated carbocycles. The molecule has 5 heterocycles. The van der Waals surface area contributed by atoms with Crippen molar-refractivity contribution in [3.8, 4) is 22.8 Å². The van der Waals surface area contributed by atoms with Crippen LogP contribution < -0.4 is 19.7 Å². The Labute approximate surface area is 257 Å². The molecule has 0 spiro atoms. The van der Waals surface area contributed by atoms with Crippen molar-refractivity contribution >= 4 is 34.9 Å². The van der Waals surface area contributed by atoms with Gasteiger partial charge in [-0.25, -0.2) is 23.1 Å². The molecule has 3 aliphatic rings. The number of benzene rings is 1. The molecule has 4 aromatic rings. The van der Waals surface area contributed by atoms with Gasteiger partial charge in [0.25, 0.3) is 12.3 Å². The first kappa shape index (κ1) is 29.0. The fourth-order valence-electron chi connectivity index (χ4n) is 5.59. The molecular formula is C29H23ClF3N7O5. The van der Waals surface area contributed by atoms with Crippen LogP contribution in [0.15, 0.2) is 36.9 Å². The monoisotopic (exact) mass is 641 g/mol. The number of aliphatic hydroxyl groups excluding tert-OH is 1. The van der Waals surface area contributed by atoms with Crippen molar-refractivity contribution in [3.05, 3.63) is 70.3 Å². The number of anilines is 2. The van der Waals surface area contributed by atoms with Crippen LogP contribution in [0.2, 0.25) is 5.02 Å². The molecule has 3 atom stereocenters. The topological polar surface area (TPSA) is 145 Å². The van der Waals surface area contributed by atoms with Gasteiger partial charge in [-0.1, -0.05) is 17.7 Å². The third-order valence-electron chi connectivity index (χ3n) is 7.88. The van der Waals surface area contributed by atoms with Crippen LogP contribution in [0.4, 0.5) is 24.7 Å². The number of ether oxygens (including phenoxy) is 2. The minimum absolute atomic E-state index is 0.0278. The highest BCUT2D eigenvalue weighted by Crippen LogP contribution is 2.51. The molecule has 2 fully saturated rings. The first-order valence-electron chi connectivity index (χ1n) is 13.8. The van der Waals surface area contributed by atoms with E-state index in [1.807, 2.05) is 0 Å². The number of nitrogens with one attached hydrogen (secondary N) is 1. The van der Waals surface area contributed by atoms with E-state index in [4.69, 9.17) is 21.1 Å². The molecule has 0 radical (unpaired) electrons. The molecule has 1 aromatic carbocycles. The second kappa shape index (κ2) is 11.0. The first-order valence-corrected chi connectivity index (χ1v) is 14.2. The number of halogens is 4. The number of carbonyl (C=O) groups excluding carboxylic acids is 2. The van der Waals surface area contributed by atoms with Crippen molar-refractivity contribution in [1.29, 1.82) is 0 Å². The maximum atomic E-state index is 14.9. The van der Waals surface area contributed by atoms with E-state index in [1.54, 1.807) is 11.1 Å². The van der Waals surface area contributed by atoms with E-state index < -0.39 is 46.1 Å². The third kappa shape index (κ3) is 5.11. The van der Waals surface area contributed by atoms with Crippen LogP contribution in [0.1, 0.15) is 53.2 Å². The lowest BCUT2D eigenvalue weighted by molar-refractivity contribution is -0.118. The molecule has 0 bridgehead atoms. The summed E-state index contributed by atoms with van der Waals surface area (Å²) in [7, 11) is 0. The van der Waals surface area contributed by atoms with E-state index in [-0.39, 0.29) is 42.2 Å². The van der Waals surface area contributed by atoms with Gasteiger partial charge in [-0.3, -0.25) is 24.2 Å². The molecule has 12 nitrogen and oxygen atoms in total. The van der Waals surface area contributed by atoms with Gasteiger partial charge in [0, 0.05) is 41.5 Å². The molecule has 7 rings (SSSR count). The van der Waals surface area contributed by atoms with E-state index in [1.165, 1.54) is 24.0 Å². The van der Waals surface area contributed by atoms with E-state index in [0.29, 0.717) is 35.3 Å². The Hall–Kier alpha value is -4.76. The average Bonchev–Trinajstić information content (AvgIpc) is 3.29. The lowest BCUT2D eigenvalue weighted by Gasteiger charge is -2.19. The number of piperidine rings is 1. The SMILES string of the molecule is CC(O)c1ncc(-c2c(C(F)F)ccc(Cl)c2F)nc1C(=O)Nc1cnn(Cc2cnc(N3C[C@H]4C[C@H]4C3=O)c3c2OCO3)c1. The van der Waals surface area contributed by atoms with Crippen molar-refractivity contribution in [2.45, 2.75) is 32.4 Å². The fraction of sp³-hybridized carbons (Fsp3) is 0.310. The summed E-state index contributed by atoms with van der Waals surface area (Å²) in [6.45, 7) is 2.08. The number of aliphatic hydroxyl groups is 1. The Kier molecular flexibility index (Phi) is 7.08. The van der Waals surface area contributed by atoms with Crippen molar-refractivity contribution in [3.63, 3.8) is 0 Å². The van der Waals surface area contributed by atoms with E-state index in [9.17, 15) is 27.9 Å². The van der Waals surface area contributed by atoms with Gasteiger partial charge in [-0.15, -0.1) is 0 Å². The number of pyridine rings is 1. The smallest absolute Gasteiger partial charge is 0.276 e. The van der Waals surface area contributed by atoms with Gasteiger partial charge in [-0.2, -0.15) is 5.10 Å². The predicted octanol–water partition coefficient (Wildman–Crippen LogP) is 4.53. The van der Waals surface area contributed by atoms with Crippen molar-refractivity contribution < 1.29 is 37.3 Å². The van der Waals surface area contributed by atoms with Gasteiger partial charge in [0.1, 0.15) is 0 Å². The maximum Gasteiger partial charge on any atom is 0.276 e.